The van der Waals surface area contributed by atoms with E-state index in [4.69, 9.17) is 0 Å². The molecule has 1 unspecified atom stereocenters. The zero-order chi connectivity index (χ0) is 10.6. The molecular weight excluding hydrogens is 174 g/mol. The van der Waals surface area contributed by atoms with E-state index in [0.29, 0.717) is 6.04 Å². The highest BCUT2D eigenvalue weighted by molar-refractivity contribution is 5.41. The molecule has 1 atom stereocenters. The molecule has 0 aliphatic rings. The number of nitrogens with zero attached hydrogens (tertiary/aromatic N) is 2. The van der Waals surface area contributed by atoms with Crippen LogP contribution in [0.4, 0.5) is 0 Å². The van der Waals surface area contributed by atoms with Crippen molar-refractivity contribution < 1.29 is 0 Å². The molecule has 0 saturated carbocycles. The molecule has 14 heavy (non-hydrogen) atoms. The van der Waals surface area contributed by atoms with Gasteiger partial charge in [-0.1, -0.05) is 12.7 Å². The van der Waals surface area contributed by atoms with Crippen LogP contribution in [0.2, 0.25) is 0 Å². The summed E-state index contributed by atoms with van der Waals surface area (Å²) >= 11 is 0. The van der Waals surface area contributed by atoms with Crippen molar-refractivity contribution in [1.29, 1.82) is 0 Å². The van der Waals surface area contributed by atoms with Crippen molar-refractivity contribution in [2.24, 2.45) is 0 Å². The molecule has 0 radical (unpaired) electrons. The van der Waals surface area contributed by atoms with Crippen LogP contribution in [0.3, 0.4) is 0 Å². The third-order valence-electron chi connectivity index (χ3n) is 2.32. The van der Waals surface area contributed by atoms with Gasteiger partial charge in [0.05, 0.1) is 0 Å². The number of aromatic nitrogens is 2. The molecule has 76 valence electrons. The molecule has 0 spiro atoms. The molecule has 1 N–H and O–H groups in total. The Morgan fingerprint density at radius 1 is 1.71 bits per heavy atom. The summed E-state index contributed by atoms with van der Waals surface area (Å²) < 4.78 is 1.99. The highest BCUT2D eigenvalue weighted by atomic mass is 15.0. The average molecular weight is 191 g/mol. The largest absolute Gasteiger partial charge is 0.313 e. The van der Waals surface area contributed by atoms with E-state index in [1.54, 1.807) is 6.20 Å². The van der Waals surface area contributed by atoms with Gasteiger partial charge in [-0.15, -0.1) is 0 Å². The maximum atomic E-state index is 4.15. The first kappa shape index (κ1) is 10.7. The molecule has 3 nitrogen and oxygen atoms in total. The van der Waals surface area contributed by atoms with E-state index in [9.17, 15) is 0 Å². The molecule has 0 aliphatic heterocycles. The lowest BCUT2D eigenvalue weighted by molar-refractivity contribution is 0.706. The van der Waals surface area contributed by atoms with E-state index in [1.807, 2.05) is 37.0 Å². The van der Waals surface area contributed by atoms with Gasteiger partial charge in [-0.25, -0.2) is 4.98 Å². The summed E-state index contributed by atoms with van der Waals surface area (Å²) in [5.41, 5.74) is 1.15. The zero-order valence-corrected chi connectivity index (χ0v) is 8.99. The van der Waals surface area contributed by atoms with Gasteiger partial charge in [0.25, 0.3) is 0 Å². The predicted octanol–water partition coefficient (Wildman–Crippen LogP) is 1.83. The van der Waals surface area contributed by atoms with Crippen LogP contribution in [0.5, 0.6) is 0 Å². The maximum absolute atomic E-state index is 4.15. The number of hydrogen-bond donors (Lipinski definition) is 1. The first-order chi connectivity index (χ1) is 6.69. The monoisotopic (exact) mass is 191 g/mol. The standard InChI is InChI=1S/C11H17N3/c1-5-11(9(2)12-4)8-14-7-6-13-10(14)3/h5-9,12H,1H2,2-4H3/b11-8+. The molecular formula is C11H17N3. The van der Waals surface area contributed by atoms with Gasteiger partial charge >= 0.3 is 0 Å². The Balaban J connectivity index is 2.94. The molecule has 3 heteroatoms. The smallest absolute Gasteiger partial charge is 0.109 e. The molecule has 1 heterocycles. The van der Waals surface area contributed by atoms with Gasteiger partial charge < -0.3 is 9.88 Å². The Kier molecular flexibility index (Phi) is 3.65. The summed E-state index contributed by atoms with van der Waals surface area (Å²) in [4.78, 5) is 4.15. The van der Waals surface area contributed by atoms with E-state index < -0.39 is 0 Å². The van der Waals surface area contributed by atoms with Crippen molar-refractivity contribution in [3.63, 3.8) is 0 Å². The zero-order valence-electron chi connectivity index (χ0n) is 8.99. The summed E-state index contributed by atoms with van der Waals surface area (Å²) in [6.45, 7) is 7.87. The minimum atomic E-state index is 0.300. The second-order valence-corrected chi connectivity index (χ2v) is 3.23. The first-order valence-electron chi connectivity index (χ1n) is 4.70. The molecule has 1 aromatic rings. The minimum absolute atomic E-state index is 0.300. The Labute approximate surface area is 85.2 Å². The van der Waals surface area contributed by atoms with Gasteiger partial charge in [0, 0.05) is 24.6 Å². The topological polar surface area (TPSA) is 29.9 Å². The lowest BCUT2D eigenvalue weighted by Crippen LogP contribution is -2.22. The van der Waals surface area contributed by atoms with Crippen LogP contribution in [-0.2, 0) is 0 Å². The second kappa shape index (κ2) is 4.77. The second-order valence-electron chi connectivity index (χ2n) is 3.23. The van der Waals surface area contributed by atoms with Crippen LogP contribution in [0.15, 0.2) is 30.6 Å². The number of imidazole rings is 1. The SMILES string of the molecule is C=C/C(=C\n1ccnc1C)C(C)NC. The van der Waals surface area contributed by atoms with Crippen molar-refractivity contribution in [1.82, 2.24) is 14.9 Å². The van der Waals surface area contributed by atoms with Crippen molar-refractivity contribution in [2.75, 3.05) is 7.05 Å². The molecule has 1 aromatic heterocycles. The van der Waals surface area contributed by atoms with Gasteiger partial charge in [-0.05, 0) is 26.5 Å². The number of likely N-dealkylation sites (N-methyl/N-ethyl adjacent to an activating group) is 1. The molecule has 0 bridgehead atoms. The van der Waals surface area contributed by atoms with Crippen LogP contribution in [0.25, 0.3) is 6.20 Å². The normalized spacial score (nSPS) is 14.1. The van der Waals surface area contributed by atoms with Gasteiger partial charge in [-0.3, -0.25) is 0 Å². The number of nitrogens with one attached hydrogen (secondary N) is 1. The maximum Gasteiger partial charge on any atom is 0.109 e. The van der Waals surface area contributed by atoms with Gasteiger partial charge in [0.1, 0.15) is 5.82 Å². The van der Waals surface area contributed by atoms with Crippen LogP contribution in [-0.4, -0.2) is 22.6 Å². The lowest BCUT2D eigenvalue weighted by Gasteiger charge is -2.11. The van der Waals surface area contributed by atoms with Crippen LogP contribution in [0, 0.1) is 6.92 Å². The Morgan fingerprint density at radius 2 is 2.43 bits per heavy atom. The quantitative estimate of drug-likeness (QED) is 0.736. The fraction of sp³-hybridized carbons (Fsp3) is 0.364. The van der Waals surface area contributed by atoms with Crippen molar-refractivity contribution in [3.05, 3.63) is 36.4 Å². The fourth-order valence-corrected chi connectivity index (χ4v) is 1.19. The van der Waals surface area contributed by atoms with E-state index in [1.165, 1.54) is 0 Å². The third kappa shape index (κ3) is 2.33. The average Bonchev–Trinajstić information content (AvgIpc) is 2.59. The summed E-state index contributed by atoms with van der Waals surface area (Å²) in [5.74, 6) is 0.979. The predicted molar refractivity (Wildman–Crippen MR) is 60.0 cm³/mol. The summed E-state index contributed by atoms with van der Waals surface area (Å²) in [5, 5.41) is 3.17. The lowest BCUT2D eigenvalue weighted by atomic mass is 10.1. The van der Waals surface area contributed by atoms with Crippen molar-refractivity contribution in [3.8, 4) is 0 Å². The summed E-state index contributed by atoms with van der Waals surface area (Å²) in [7, 11) is 1.93. The third-order valence-corrected chi connectivity index (χ3v) is 2.32. The Morgan fingerprint density at radius 3 is 2.86 bits per heavy atom. The van der Waals surface area contributed by atoms with E-state index in [0.717, 1.165) is 11.4 Å². The van der Waals surface area contributed by atoms with E-state index >= 15 is 0 Å². The summed E-state index contributed by atoms with van der Waals surface area (Å²) in [6.07, 6.45) is 7.62. The molecule has 0 amide bonds. The Hall–Kier alpha value is -1.35. The summed E-state index contributed by atoms with van der Waals surface area (Å²) in [6, 6.07) is 0.300. The van der Waals surface area contributed by atoms with Crippen LogP contribution < -0.4 is 5.32 Å². The van der Waals surface area contributed by atoms with Crippen LogP contribution in [0.1, 0.15) is 12.7 Å². The number of aryl methyl sites for hydroxylation is 1. The van der Waals surface area contributed by atoms with Crippen molar-refractivity contribution >= 4 is 6.20 Å². The van der Waals surface area contributed by atoms with E-state index in [-0.39, 0.29) is 0 Å². The van der Waals surface area contributed by atoms with Gasteiger partial charge in [0.2, 0.25) is 0 Å². The van der Waals surface area contributed by atoms with Crippen molar-refractivity contribution in [2.45, 2.75) is 19.9 Å². The fourth-order valence-electron chi connectivity index (χ4n) is 1.19. The molecule has 0 fully saturated rings. The molecule has 0 saturated heterocycles. The van der Waals surface area contributed by atoms with Gasteiger partial charge in [-0.2, -0.15) is 0 Å². The van der Waals surface area contributed by atoms with Gasteiger partial charge in [0.15, 0.2) is 0 Å². The molecule has 1 rings (SSSR count). The Bertz CT molecular complexity index is 336. The number of rotatable bonds is 4. The van der Waals surface area contributed by atoms with Crippen LogP contribution >= 0.6 is 0 Å². The van der Waals surface area contributed by atoms with E-state index in [2.05, 4.69) is 23.8 Å². The minimum Gasteiger partial charge on any atom is -0.313 e. The molecule has 0 aromatic carbocycles. The highest BCUT2D eigenvalue weighted by Gasteiger charge is 2.02. The first-order valence-corrected chi connectivity index (χ1v) is 4.70. The molecule has 0 aliphatic carbocycles. The highest BCUT2D eigenvalue weighted by Crippen LogP contribution is 2.06. The number of hydrogen-bond acceptors (Lipinski definition) is 2.